The Morgan fingerprint density at radius 3 is 2.65 bits per heavy atom. The Hall–Kier alpha value is -3.82. The molecule has 206 valence electrons. The highest BCUT2D eigenvalue weighted by molar-refractivity contribution is 5.94. The van der Waals surface area contributed by atoms with Gasteiger partial charge in [-0.3, -0.25) is 9.88 Å². The Bertz CT molecular complexity index is 1510. The molecule has 1 unspecified atom stereocenters. The number of rotatable bonds is 6. The van der Waals surface area contributed by atoms with Gasteiger partial charge in [0.1, 0.15) is 17.8 Å². The summed E-state index contributed by atoms with van der Waals surface area (Å²) < 4.78 is 11.3. The molecule has 9 heteroatoms. The molecule has 3 aliphatic rings. The van der Waals surface area contributed by atoms with E-state index in [2.05, 4.69) is 60.5 Å². The van der Waals surface area contributed by atoms with E-state index in [1.54, 1.807) is 19.6 Å². The average Bonchev–Trinajstić information content (AvgIpc) is 3.41. The monoisotopic (exact) mass is 537 g/mol. The molecule has 2 N–H and O–H groups in total. The molecule has 0 aromatic carbocycles. The van der Waals surface area contributed by atoms with Crippen LogP contribution >= 0.6 is 0 Å². The van der Waals surface area contributed by atoms with Crippen molar-refractivity contribution in [2.75, 3.05) is 38.7 Å². The van der Waals surface area contributed by atoms with Crippen molar-refractivity contribution in [2.45, 2.75) is 49.6 Å². The molecule has 1 atom stereocenters. The van der Waals surface area contributed by atoms with Crippen LogP contribution in [0.5, 0.6) is 5.88 Å². The fraction of sp³-hybridized carbons (Fsp3) is 0.419. The van der Waals surface area contributed by atoms with Gasteiger partial charge in [-0.2, -0.15) is 0 Å². The minimum atomic E-state index is -0.478. The fourth-order valence-electron chi connectivity index (χ4n) is 6.90. The average molecular weight is 538 g/mol. The van der Waals surface area contributed by atoms with Gasteiger partial charge >= 0.3 is 0 Å². The number of H-pyrrole nitrogens is 1. The van der Waals surface area contributed by atoms with Crippen LogP contribution in [-0.2, 0) is 16.6 Å². The Balaban J connectivity index is 1.22. The molecule has 9 nitrogen and oxygen atoms in total. The van der Waals surface area contributed by atoms with Crippen molar-refractivity contribution in [1.82, 2.24) is 29.8 Å². The Kier molecular flexibility index (Phi) is 6.69. The van der Waals surface area contributed by atoms with E-state index in [0.717, 1.165) is 79.2 Å². The van der Waals surface area contributed by atoms with E-state index in [-0.39, 0.29) is 0 Å². The molecule has 4 aromatic rings. The summed E-state index contributed by atoms with van der Waals surface area (Å²) >= 11 is 0. The van der Waals surface area contributed by atoms with Gasteiger partial charge in [0.2, 0.25) is 5.88 Å². The number of pyridine rings is 2. The summed E-state index contributed by atoms with van der Waals surface area (Å²) in [6.07, 6.45) is 16.9. The van der Waals surface area contributed by atoms with Crippen LogP contribution in [0, 0.1) is 0 Å². The van der Waals surface area contributed by atoms with Crippen LogP contribution in [-0.4, -0.2) is 75.3 Å². The lowest BCUT2D eigenvalue weighted by atomic mass is 9.68. The summed E-state index contributed by atoms with van der Waals surface area (Å²) in [7, 11) is 1.68. The van der Waals surface area contributed by atoms with E-state index >= 15 is 0 Å². The Morgan fingerprint density at radius 1 is 1.02 bits per heavy atom. The summed E-state index contributed by atoms with van der Waals surface area (Å²) in [6, 6.07) is 9.30. The molecular formula is C31H35N7O2. The van der Waals surface area contributed by atoms with Crippen molar-refractivity contribution in [2.24, 2.45) is 0 Å². The zero-order valence-corrected chi connectivity index (χ0v) is 22.8. The molecule has 0 amide bonds. The van der Waals surface area contributed by atoms with E-state index in [9.17, 15) is 0 Å². The minimum absolute atomic E-state index is 0.392. The van der Waals surface area contributed by atoms with Gasteiger partial charge in [-0.05, 0) is 67.5 Å². The first-order valence-electron chi connectivity index (χ1n) is 14.3. The van der Waals surface area contributed by atoms with Gasteiger partial charge in [0.15, 0.2) is 0 Å². The molecule has 5 heterocycles. The molecule has 1 saturated carbocycles. The molecule has 40 heavy (non-hydrogen) atoms. The molecule has 1 saturated heterocycles. The predicted octanol–water partition coefficient (Wildman–Crippen LogP) is 4.37. The number of morpholine rings is 1. The lowest BCUT2D eigenvalue weighted by molar-refractivity contribution is 0.00791. The second-order valence-electron chi connectivity index (χ2n) is 11.0. The number of allylic oxidation sites excluding steroid dienone is 1. The summed E-state index contributed by atoms with van der Waals surface area (Å²) in [4.78, 5) is 24.4. The molecule has 2 aliphatic carbocycles. The van der Waals surface area contributed by atoms with Gasteiger partial charge in [-0.1, -0.05) is 12.1 Å². The van der Waals surface area contributed by atoms with E-state index in [0.29, 0.717) is 18.0 Å². The van der Waals surface area contributed by atoms with Crippen LogP contribution in [0.4, 0.5) is 5.82 Å². The predicted molar refractivity (Wildman–Crippen MR) is 154 cm³/mol. The Labute approximate surface area is 234 Å². The first kappa shape index (κ1) is 25.2. The van der Waals surface area contributed by atoms with Gasteiger partial charge in [-0.15, -0.1) is 0 Å². The molecule has 0 bridgehead atoms. The van der Waals surface area contributed by atoms with Crippen LogP contribution in [0.1, 0.15) is 48.1 Å². The standard InChI is InChI=1S/C31H35N7O2/c1-39-30-25(3-2-12-33-30)31(21-9-13-32-14-10-21)11-8-26-24(19-31)27-28(34-20-35-29(27)37-26)36-22-4-6-23(7-5-22)38-15-17-40-18-16-38/h2-3,8-14,20,22-23H,4-7,15-19H2,1H3,(H2,34,35,36,37). The number of fused-ring (bicyclic) bond motifs is 3. The maximum atomic E-state index is 5.76. The normalized spacial score (nSPS) is 25.0. The highest BCUT2D eigenvalue weighted by Gasteiger charge is 2.39. The minimum Gasteiger partial charge on any atom is -0.481 e. The van der Waals surface area contributed by atoms with Crippen LogP contribution < -0.4 is 10.1 Å². The number of hydrogen-bond donors (Lipinski definition) is 2. The summed E-state index contributed by atoms with van der Waals surface area (Å²) in [5, 5.41) is 4.90. The maximum Gasteiger partial charge on any atom is 0.217 e. The fourth-order valence-corrected chi connectivity index (χ4v) is 6.90. The molecule has 7 rings (SSSR count). The van der Waals surface area contributed by atoms with Crippen molar-refractivity contribution in [3.8, 4) is 5.88 Å². The van der Waals surface area contributed by atoms with Crippen LogP contribution in [0.3, 0.4) is 0 Å². The number of aromatic nitrogens is 5. The van der Waals surface area contributed by atoms with Crippen molar-refractivity contribution < 1.29 is 9.47 Å². The second-order valence-corrected chi connectivity index (χ2v) is 11.0. The number of nitrogens with one attached hydrogen (secondary N) is 2. The number of nitrogens with zero attached hydrogens (tertiary/aromatic N) is 5. The number of anilines is 1. The van der Waals surface area contributed by atoms with E-state index in [4.69, 9.17) is 14.5 Å². The van der Waals surface area contributed by atoms with Gasteiger partial charge < -0.3 is 19.8 Å². The zero-order valence-electron chi connectivity index (χ0n) is 22.8. The molecule has 0 radical (unpaired) electrons. The van der Waals surface area contributed by atoms with Crippen molar-refractivity contribution >= 4 is 22.9 Å². The number of aromatic amines is 1. The van der Waals surface area contributed by atoms with Crippen LogP contribution in [0.25, 0.3) is 17.1 Å². The van der Waals surface area contributed by atoms with Gasteiger partial charge in [-0.25, -0.2) is 15.0 Å². The lowest BCUT2D eigenvalue weighted by Gasteiger charge is -2.39. The third-order valence-electron chi connectivity index (χ3n) is 8.96. The van der Waals surface area contributed by atoms with Gasteiger partial charge in [0, 0.05) is 60.4 Å². The molecular weight excluding hydrogens is 502 g/mol. The van der Waals surface area contributed by atoms with Gasteiger partial charge in [0.25, 0.3) is 0 Å². The molecule has 2 fully saturated rings. The largest absolute Gasteiger partial charge is 0.481 e. The first-order chi connectivity index (χ1) is 19.7. The van der Waals surface area contributed by atoms with Crippen molar-refractivity contribution in [3.05, 3.63) is 77.6 Å². The van der Waals surface area contributed by atoms with E-state index in [1.807, 2.05) is 18.5 Å². The van der Waals surface area contributed by atoms with E-state index < -0.39 is 5.41 Å². The number of ether oxygens (including phenoxy) is 2. The molecule has 1 aliphatic heterocycles. The third-order valence-corrected chi connectivity index (χ3v) is 8.96. The summed E-state index contributed by atoms with van der Waals surface area (Å²) in [5.74, 6) is 1.54. The molecule has 4 aromatic heterocycles. The highest BCUT2D eigenvalue weighted by Crippen LogP contribution is 2.46. The number of methoxy groups -OCH3 is 1. The van der Waals surface area contributed by atoms with Crippen molar-refractivity contribution in [1.29, 1.82) is 0 Å². The summed E-state index contributed by atoms with van der Waals surface area (Å²) in [6.45, 7) is 3.82. The molecule has 0 spiro atoms. The maximum absolute atomic E-state index is 5.76. The SMILES string of the molecule is COc1ncccc1C1(c2ccncc2)C=Cc2[nH]c3ncnc(NC4CCC(N5CCOCC5)CC4)c3c2C1. The van der Waals surface area contributed by atoms with E-state index in [1.165, 1.54) is 18.4 Å². The quantitative estimate of drug-likeness (QED) is 0.374. The first-order valence-corrected chi connectivity index (χ1v) is 14.3. The smallest absolute Gasteiger partial charge is 0.217 e. The number of hydrogen-bond acceptors (Lipinski definition) is 8. The highest BCUT2D eigenvalue weighted by atomic mass is 16.5. The Morgan fingerprint density at radius 2 is 1.85 bits per heavy atom. The van der Waals surface area contributed by atoms with Crippen LogP contribution in [0.15, 0.2) is 55.3 Å². The topological polar surface area (TPSA) is 101 Å². The summed E-state index contributed by atoms with van der Waals surface area (Å²) in [5.41, 5.74) is 4.81. The third kappa shape index (κ3) is 4.43. The zero-order chi connectivity index (χ0) is 26.9. The second kappa shape index (κ2) is 10.6. The lowest BCUT2D eigenvalue weighted by Crippen LogP contribution is -2.46. The van der Waals surface area contributed by atoms with Gasteiger partial charge in [0.05, 0.1) is 25.7 Å². The van der Waals surface area contributed by atoms with Crippen LogP contribution in [0.2, 0.25) is 0 Å². The van der Waals surface area contributed by atoms with Crippen molar-refractivity contribution in [3.63, 3.8) is 0 Å².